The first-order valence-corrected chi connectivity index (χ1v) is 9.80. The van der Waals surface area contributed by atoms with E-state index >= 15 is 0 Å². The fourth-order valence-electron chi connectivity index (χ4n) is 3.69. The van der Waals surface area contributed by atoms with Gasteiger partial charge in [-0.1, -0.05) is 37.1 Å². The van der Waals surface area contributed by atoms with E-state index in [1.165, 1.54) is 17.5 Å². The van der Waals surface area contributed by atoms with Crippen LogP contribution in [0.1, 0.15) is 48.4 Å². The summed E-state index contributed by atoms with van der Waals surface area (Å²) < 4.78 is 0. The standard InChI is InChI=1S/C22H30N4O/c1-25(2)17-19-9-7-18(8-10-19)16-24-22(27)26-15-5-3-4-6-21(26)20-11-13-23-14-12-20/h7-14,21H,3-6,15-17H2,1-2H3,(H,24,27). The van der Waals surface area contributed by atoms with Crippen LogP contribution in [0.25, 0.3) is 0 Å². The Morgan fingerprint density at radius 3 is 2.48 bits per heavy atom. The van der Waals surface area contributed by atoms with Gasteiger partial charge < -0.3 is 15.1 Å². The number of aromatic nitrogens is 1. The molecule has 144 valence electrons. The minimum absolute atomic E-state index is 0.0241. The van der Waals surface area contributed by atoms with Gasteiger partial charge in [0, 0.05) is 32.0 Å². The first kappa shape index (κ1) is 19.4. The molecule has 1 aromatic carbocycles. The Labute approximate surface area is 162 Å². The van der Waals surface area contributed by atoms with Crippen LogP contribution >= 0.6 is 0 Å². The third-order valence-electron chi connectivity index (χ3n) is 5.07. The van der Waals surface area contributed by atoms with Crippen molar-refractivity contribution >= 4 is 6.03 Å². The van der Waals surface area contributed by atoms with Crippen LogP contribution < -0.4 is 5.32 Å². The van der Waals surface area contributed by atoms with Crippen molar-refractivity contribution in [3.63, 3.8) is 0 Å². The number of hydrogen-bond donors (Lipinski definition) is 1. The van der Waals surface area contributed by atoms with Crippen molar-refractivity contribution in [1.29, 1.82) is 0 Å². The van der Waals surface area contributed by atoms with Gasteiger partial charge in [-0.3, -0.25) is 4.98 Å². The van der Waals surface area contributed by atoms with Crippen LogP contribution in [0, 0.1) is 0 Å². The van der Waals surface area contributed by atoms with Gasteiger partial charge in [0.05, 0.1) is 6.04 Å². The van der Waals surface area contributed by atoms with Crippen molar-refractivity contribution in [2.24, 2.45) is 0 Å². The van der Waals surface area contributed by atoms with E-state index in [-0.39, 0.29) is 12.1 Å². The van der Waals surface area contributed by atoms with Crippen molar-refractivity contribution in [1.82, 2.24) is 20.1 Å². The summed E-state index contributed by atoms with van der Waals surface area (Å²) in [4.78, 5) is 21.2. The minimum Gasteiger partial charge on any atom is -0.334 e. The molecular formula is C22H30N4O. The van der Waals surface area contributed by atoms with E-state index in [4.69, 9.17) is 0 Å². The summed E-state index contributed by atoms with van der Waals surface area (Å²) in [6, 6.07) is 12.7. The molecule has 2 heterocycles. The molecule has 27 heavy (non-hydrogen) atoms. The van der Waals surface area contributed by atoms with Crippen molar-refractivity contribution in [2.45, 2.75) is 44.8 Å². The van der Waals surface area contributed by atoms with Gasteiger partial charge in [0.25, 0.3) is 0 Å². The quantitative estimate of drug-likeness (QED) is 0.871. The van der Waals surface area contributed by atoms with E-state index < -0.39 is 0 Å². The molecule has 5 heteroatoms. The number of benzene rings is 1. The van der Waals surface area contributed by atoms with E-state index in [1.54, 1.807) is 0 Å². The highest BCUT2D eigenvalue weighted by Crippen LogP contribution is 2.29. The monoisotopic (exact) mass is 366 g/mol. The third-order valence-corrected chi connectivity index (χ3v) is 5.07. The Hall–Kier alpha value is -2.40. The van der Waals surface area contributed by atoms with Crippen LogP contribution in [0.4, 0.5) is 4.79 Å². The zero-order chi connectivity index (χ0) is 19.1. The smallest absolute Gasteiger partial charge is 0.318 e. The molecule has 1 aliphatic rings. The van der Waals surface area contributed by atoms with Crippen LogP contribution in [0.15, 0.2) is 48.8 Å². The maximum atomic E-state index is 12.9. The fourth-order valence-corrected chi connectivity index (χ4v) is 3.69. The van der Waals surface area contributed by atoms with Crippen LogP contribution in [0.5, 0.6) is 0 Å². The molecule has 2 aromatic rings. The third kappa shape index (κ3) is 5.54. The van der Waals surface area contributed by atoms with Gasteiger partial charge >= 0.3 is 6.03 Å². The van der Waals surface area contributed by atoms with Gasteiger partial charge in [0.2, 0.25) is 0 Å². The average Bonchev–Trinajstić information content (AvgIpc) is 2.93. The Bertz CT molecular complexity index is 715. The molecule has 1 N–H and O–H groups in total. The van der Waals surface area contributed by atoms with E-state index in [2.05, 4.69) is 53.6 Å². The van der Waals surface area contributed by atoms with Gasteiger partial charge in [-0.05, 0) is 55.8 Å². The molecule has 1 unspecified atom stereocenters. The Balaban J connectivity index is 1.62. The first-order valence-electron chi connectivity index (χ1n) is 9.80. The first-order chi connectivity index (χ1) is 13.1. The molecule has 0 radical (unpaired) electrons. The lowest BCUT2D eigenvalue weighted by Gasteiger charge is -2.30. The molecule has 1 fully saturated rings. The normalized spacial score (nSPS) is 17.6. The number of amides is 2. The second kappa shape index (κ2) is 9.51. The molecule has 1 atom stereocenters. The molecule has 0 saturated carbocycles. The molecule has 5 nitrogen and oxygen atoms in total. The van der Waals surface area contributed by atoms with Gasteiger partial charge in [-0.25, -0.2) is 4.79 Å². The van der Waals surface area contributed by atoms with E-state index in [1.807, 2.05) is 29.4 Å². The summed E-state index contributed by atoms with van der Waals surface area (Å²) in [6.07, 6.45) is 8.03. The summed E-state index contributed by atoms with van der Waals surface area (Å²) in [7, 11) is 4.13. The molecule has 0 spiro atoms. The Kier molecular flexibility index (Phi) is 6.82. The maximum Gasteiger partial charge on any atom is 0.318 e. The lowest BCUT2D eigenvalue weighted by molar-refractivity contribution is 0.175. The summed E-state index contributed by atoms with van der Waals surface area (Å²) in [5, 5.41) is 3.12. The topological polar surface area (TPSA) is 48.5 Å². The van der Waals surface area contributed by atoms with Crippen molar-refractivity contribution < 1.29 is 4.79 Å². The number of hydrogen-bond acceptors (Lipinski definition) is 3. The zero-order valence-corrected chi connectivity index (χ0v) is 16.4. The van der Waals surface area contributed by atoms with Crippen LogP contribution in [-0.4, -0.2) is 41.5 Å². The van der Waals surface area contributed by atoms with Gasteiger partial charge in [0.1, 0.15) is 0 Å². The number of carbonyl (C=O) groups is 1. The Morgan fingerprint density at radius 2 is 1.78 bits per heavy atom. The zero-order valence-electron chi connectivity index (χ0n) is 16.4. The van der Waals surface area contributed by atoms with Crippen molar-refractivity contribution in [2.75, 3.05) is 20.6 Å². The molecule has 1 aliphatic heterocycles. The highest BCUT2D eigenvalue weighted by atomic mass is 16.2. The van der Waals surface area contributed by atoms with E-state index in [9.17, 15) is 4.79 Å². The average molecular weight is 367 g/mol. The summed E-state index contributed by atoms with van der Waals surface area (Å²) in [5.74, 6) is 0. The van der Waals surface area contributed by atoms with Gasteiger partial charge in [-0.15, -0.1) is 0 Å². The van der Waals surface area contributed by atoms with Crippen LogP contribution in [0.2, 0.25) is 0 Å². The number of carbonyl (C=O) groups excluding carboxylic acids is 1. The lowest BCUT2D eigenvalue weighted by Crippen LogP contribution is -2.41. The number of urea groups is 1. The molecule has 0 aliphatic carbocycles. The molecule has 1 aromatic heterocycles. The Morgan fingerprint density at radius 1 is 1.07 bits per heavy atom. The molecule has 3 rings (SSSR count). The van der Waals surface area contributed by atoms with Gasteiger partial charge in [-0.2, -0.15) is 0 Å². The maximum absolute atomic E-state index is 12.9. The predicted molar refractivity (Wildman–Crippen MR) is 108 cm³/mol. The van der Waals surface area contributed by atoms with Crippen LogP contribution in [0.3, 0.4) is 0 Å². The SMILES string of the molecule is CN(C)Cc1ccc(CNC(=O)N2CCCCCC2c2ccncc2)cc1. The summed E-state index contributed by atoms with van der Waals surface area (Å²) >= 11 is 0. The summed E-state index contributed by atoms with van der Waals surface area (Å²) in [6.45, 7) is 2.29. The molecular weight excluding hydrogens is 336 g/mol. The van der Waals surface area contributed by atoms with Crippen LogP contribution in [-0.2, 0) is 13.1 Å². The number of rotatable bonds is 5. The van der Waals surface area contributed by atoms with Crippen molar-refractivity contribution in [3.8, 4) is 0 Å². The number of pyridine rings is 1. The van der Waals surface area contributed by atoms with E-state index in [0.717, 1.165) is 37.9 Å². The summed E-state index contributed by atoms with van der Waals surface area (Å²) in [5.41, 5.74) is 3.58. The fraction of sp³-hybridized carbons (Fsp3) is 0.455. The minimum atomic E-state index is 0.0241. The highest BCUT2D eigenvalue weighted by Gasteiger charge is 2.26. The predicted octanol–water partition coefficient (Wildman–Crippen LogP) is 3.97. The highest BCUT2D eigenvalue weighted by molar-refractivity contribution is 5.74. The number of likely N-dealkylation sites (tertiary alicyclic amines) is 1. The second-order valence-electron chi connectivity index (χ2n) is 7.55. The molecule has 1 saturated heterocycles. The van der Waals surface area contributed by atoms with E-state index in [0.29, 0.717) is 6.54 Å². The lowest BCUT2D eigenvalue weighted by atomic mass is 10.0. The second-order valence-corrected chi connectivity index (χ2v) is 7.55. The van der Waals surface area contributed by atoms with Gasteiger partial charge in [0.15, 0.2) is 0 Å². The molecule has 0 bridgehead atoms. The largest absolute Gasteiger partial charge is 0.334 e. The van der Waals surface area contributed by atoms with Crippen molar-refractivity contribution in [3.05, 3.63) is 65.5 Å². The molecule has 2 amide bonds. The number of nitrogens with zero attached hydrogens (tertiary/aromatic N) is 3. The number of nitrogens with one attached hydrogen (secondary N) is 1.